The summed E-state index contributed by atoms with van der Waals surface area (Å²) >= 11 is 0. The number of carbonyl (C=O) groups is 2. The first-order valence-electron chi connectivity index (χ1n) is 7.89. The second-order valence-electron chi connectivity index (χ2n) is 5.79. The van der Waals surface area contributed by atoms with Crippen molar-refractivity contribution in [3.63, 3.8) is 0 Å². The van der Waals surface area contributed by atoms with Crippen molar-refractivity contribution in [2.45, 2.75) is 12.8 Å². The van der Waals surface area contributed by atoms with Crippen LogP contribution in [0.2, 0.25) is 0 Å². The Balaban J connectivity index is 1.54. The lowest BCUT2D eigenvalue weighted by molar-refractivity contribution is -0.116. The van der Waals surface area contributed by atoms with Crippen LogP contribution >= 0.6 is 0 Å². The van der Waals surface area contributed by atoms with Crippen molar-refractivity contribution in [3.8, 4) is 11.4 Å². The number of hydrogen-bond donors (Lipinski definition) is 3. The maximum absolute atomic E-state index is 12.5. The average molecular weight is 333 g/mol. The van der Waals surface area contributed by atoms with E-state index in [9.17, 15) is 9.59 Å². The molecular weight excluding hydrogens is 318 g/mol. The molecule has 7 heteroatoms. The molecule has 2 aromatic carbocycles. The van der Waals surface area contributed by atoms with E-state index in [4.69, 9.17) is 0 Å². The Morgan fingerprint density at radius 1 is 1.12 bits per heavy atom. The van der Waals surface area contributed by atoms with Gasteiger partial charge in [0.2, 0.25) is 5.91 Å². The lowest BCUT2D eigenvalue weighted by Gasteiger charge is -2.17. The van der Waals surface area contributed by atoms with Gasteiger partial charge in [0.15, 0.2) is 5.82 Å². The van der Waals surface area contributed by atoms with Gasteiger partial charge in [0.1, 0.15) is 6.33 Å². The summed E-state index contributed by atoms with van der Waals surface area (Å²) in [5.41, 5.74) is 3.82. The summed E-state index contributed by atoms with van der Waals surface area (Å²) in [5.74, 6) is 0.448. The van der Waals surface area contributed by atoms with Crippen LogP contribution in [-0.2, 0) is 11.2 Å². The monoisotopic (exact) mass is 333 g/mol. The summed E-state index contributed by atoms with van der Waals surface area (Å²) in [5, 5.41) is 12.3. The number of hydrogen-bond acceptors (Lipinski definition) is 4. The third-order valence-electron chi connectivity index (χ3n) is 4.07. The predicted octanol–water partition coefficient (Wildman–Crippen LogP) is 2.61. The van der Waals surface area contributed by atoms with Crippen molar-refractivity contribution in [3.05, 3.63) is 59.9 Å². The van der Waals surface area contributed by atoms with Gasteiger partial charge >= 0.3 is 0 Å². The fraction of sp³-hybridized carbons (Fsp3) is 0.111. The van der Waals surface area contributed by atoms with Crippen LogP contribution in [0, 0.1) is 0 Å². The largest absolute Gasteiger partial charge is 0.326 e. The summed E-state index contributed by atoms with van der Waals surface area (Å²) < 4.78 is 0. The zero-order valence-corrected chi connectivity index (χ0v) is 13.2. The third-order valence-corrected chi connectivity index (χ3v) is 4.07. The van der Waals surface area contributed by atoms with E-state index in [0.717, 1.165) is 16.8 Å². The van der Waals surface area contributed by atoms with Gasteiger partial charge in [-0.2, -0.15) is 5.10 Å². The second-order valence-corrected chi connectivity index (χ2v) is 5.79. The molecule has 2 amide bonds. The Hall–Kier alpha value is -3.48. The fourth-order valence-corrected chi connectivity index (χ4v) is 2.82. The lowest BCUT2D eigenvalue weighted by Crippen LogP contribution is -2.20. The number of H-pyrrole nitrogens is 1. The maximum atomic E-state index is 12.5. The SMILES string of the molecule is O=C1CCc2cc(C(=O)Nc3cccc(-c4ncn[nH]4)c3)ccc2N1. The van der Waals surface area contributed by atoms with Crippen LogP contribution < -0.4 is 10.6 Å². The molecule has 25 heavy (non-hydrogen) atoms. The van der Waals surface area contributed by atoms with E-state index in [-0.39, 0.29) is 11.8 Å². The van der Waals surface area contributed by atoms with Gasteiger partial charge in [-0.25, -0.2) is 4.98 Å². The van der Waals surface area contributed by atoms with E-state index < -0.39 is 0 Å². The summed E-state index contributed by atoms with van der Waals surface area (Å²) in [6.45, 7) is 0. The minimum Gasteiger partial charge on any atom is -0.326 e. The van der Waals surface area contributed by atoms with E-state index >= 15 is 0 Å². The molecule has 0 spiro atoms. The van der Waals surface area contributed by atoms with Gasteiger partial charge in [0.25, 0.3) is 5.91 Å². The standard InChI is InChI=1S/C18H15N5O2/c24-16-7-5-11-8-13(4-6-15(11)22-16)18(25)21-14-3-1-2-12(9-14)17-19-10-20-23-17/h1-4,6,8-10H,5,7H2,(H,21,25)(H,22,24)(H,19,20,23). The Bertz CT molecular complexity index is 950. The molecule has 7 nitrogen and oxygen atoms in total. The molecule has 0 fully saturated rings. The van der Waals surface area contributed by atoms with Crippen molar-refractivity contribution in [2.24, 2.45) is 0 Å². The van der Waals surface area contributed by atoms with Crippen molar-refractivity contribution in [2.75, 3.05) is 10.6 Å². The van der Waals surface area contributed by atoms with Crippen LogP contribution in [0.1, 0.15) is 22.3 Å². The predicted molar refractivity (Wildman–Crippen MR) is 93.2 cm³/mol. The van der Waals surface area contributed by atoms with Gasteiger partial charge < -0.3 is 10.6 Å². The summed E-state index contributed by atoms with van der Waals surface area (Å²) in [6.07, 6.45) is 2.52. The number of nitrogens with one attached hydrogen (secondary N) is 3. The van der Waals surface area contributed by atoms with Crippen LogP contribution in [0.3, 0.4) is 0 Å². The van der Waals surface area contributed by atoms with E-state index in [1.165, 1.54) is 6.33 Å². The van der Waals surface area contributed by atoms with Gasteiger partial charge in [-0.3, -0.25) is 14.7 Å². The highest BCUT2D eigenvalue weighted by Gasteiger charge is 2.17. The number of fused-ring (bicyclic) bond motifs is 1. The first-order valence-corrected chi connectivity index (χ1v) is 7.89. The van der Waals surface area contributed by atoms with Gasteiger partial charge in [-0.05, 0) is 42.3 Å². The number of aromatic amines is 1. The molecule has 0 unspecified atom stereocenters. The fourth-order valence-electron chi connectivity index (χ4n) is 2.82. The second kappa shape index (κ2) is 6.20. The van der Waals surface area contributed by atoms with Gasteiger partial charge in [-0.1, -0.05) is 12.1 Å². The molecule has 4 rings (SSSR count). The Morgan fingerprint density at radius 2 is 2.04 bits per heavy atom. The molecule has 0 saturated heterocycles. The summed E-state index contributed by atoms with van der Waals surface area (Å²) in [6, 6.07) is 12.7. The highest BCUT2D eigenvalue weighted by molar-refractivity contribution is 6.05. The van der Waals surface area contributed by atoms with Gasteiger partial charge in [0, 0.05) is 28.9 Å². The highest BCUT2D eigenvalue weighted by atomic mass is 16.2. The van der Waals surface area contributed by atoms with E-state index in [0.29, 0.717) is 29.9 Å². The molecule has 1 aliphatic rings. The average Bonchev–Trinajstić information content (AvgIpc) is 3.16. The molecule has 0 radical (unpaired) electrons. The van der Waals surface area contributed by atoms with Crippen LogP contribution in [0.15, 0.2) is 48.8 Å². The molecule has 1 aliphatic heterocycles. The van der Waals surface area contributed by atoms with E-state index in [1.54, 1.807) is 12.1 Å². The minimum atomic E-state index is -0.200. The molecule has 2 heterocycles. The molecule has 1 aromatic heterocycles. The molecule has 0 atom stereocenters. The Morgan fingerprint density at radius 3 is 2.88 bits per heavy atom. The van der Waals surface area contributed by atoms with Crippen LogP contribution in [-0.4, -0.2) is 27.0 Å². The molecule has 0 saturated carbocycles. The molecule has 3 N–H and O–H groups in total. The van der Waals surface area contributed by atoms with Crippen molar-refractivity contribution < 1.29 is 9.59 Å². The number of aryl methyl sites for hydroxylation is 1. The number of carbonyl (C=O) groups excluding carboxylic acids is 2. The Kier molecular flexibility index (Phi) is 3.74. The zero-order valence-electron chi connectivity index (χ0n) is 13.2. The summed E-state index contributed by atoms with van der Waals surface area (Å²) in [4.78, 5) is 28.0. The first-order chi connectivity index (χ1) is 12.2. The normalized spacial score (nSPS) is 13.0. The van der Waals surface area contributed by atoms with Crippen molar-refractivity contribution in [1.82, 2.24) is 15.2 Å². The van der Waals surface area contributed by atoms with Crippen molar-refractivity contribution in [1.29, 1.82) is 0 Å². The number of aromatic nitrogens is 3. The van der Waals surface area contributed by atoms with Crippen LogP contribution in [0.4, 0.5) is 11.4 Å². The number of anilines is 2. The van der Waals surface area contributed by atoms with Crippen molar-refractivity contribution >= 4 is 23.2 Å². The van der Waals surface area contributed by atoms with Crippen LogP contribution in [0.5, 0.6) is 0 Å². The molecule has 124 valence electrons. The van der Waals surface area contributed by atoms with Crippen LogP contribution in [0.25, 0.3) is 11.4 Å². The number of amides is 2. The first kappa shape index (κ1) is 15.1. The molecule has 3 aromatic rings. The van der Waals surface area contributed by atoms with Gasteiger partial charge in [0.05, 0.1) is 0 Å². The molecule has 0 aliphatic carbocycles. The van der Waals surface area contributed by atoms with E-state index in [2.05, 4.69) is 25.8 Å². The summed E-state index contributed by atoms with van der Waals surface area (Å²) in [7, 11) is 0. The highest BCUT2D eigenvalue weighted by Crippen LogP contribution is 2.24. The maximum Gasteiger partial charge on any atom is 0.255 e. The topological polar surface area (TPSA) is 99.8 Å². The zero-order chi connectivity index (χ0) is 17.2. The minimum absolute atomic E-state index is 0.00827. The van der Waals surface area contributed by atoms with E-state index in [1.807, 2.05) is 30.3 Å². The quantitative estimate of drug-likeness (QED) is 0.686. The smallest absolute Gasteiger partial charge is 0.255 e. The molecular formula is C18H15N5O2. The number of benzene rings is 2. The lowest BCUT2D eigenvalue weighted by atomic mass is 10.00. The molecule has 0 bridgehead atoms. The third kappa shape index (κ3) is 3.12. The number of nitrogens with zero attached hydrogens (tertiary/aromatic N) is 2. The number of rotatable bonds is 3. The Labute approximate surface area is 143 Å². The van der Waals surface area contributed by atoms with Gasteiger partial charge in [-0.15, -0.1) is 0 Å².